The van der Waals surface area contributed by atoms with Crippen LogP contribution in [0, 0.1) is 5.82 Å². The fourth-order valence-electron chi connectivity index (χ4n) is 3.99. The van der Waals surface area contributed by atoms with Crippen LogP contribution in [0.3, 0.4) is 0 Å². The van der Waals surface area contributed by atoms with Gasteiger partial charge in [0.1, 0.15) is 16.6 Å². The summed E-state index contributed by atoms with van der Waals surface area (Å²) in [6.45, 7) is 4.31. The summed E-state index contributed by atoms with van der Waals surface area (Å²) < 4.78 is 20.3. The Morgan fingerprint density at radius 1 is 1.37 bits per heavy atom. The molecule has 10 heteroatoms. The van der Waals surface area contributed by atoms with Gasteiger partial charge in [-0.25, -0.2) is 9.37 Å². The van der Waals surface area contributed by atoms with Crippen molar-refractivity contribution in [3.05, 3.63) is 65.1 Å². The van der Waals surface area contributed by atoms with Crippen LogP contribution in [-0.4, -0.2) is 58.4 Å². The number of hydrogen-bond acceptors (Lipinski definition) is 8. The van der Waals surface area contributed by atoms with E-state index in [2.05, 4.69) is 15.2 Å². The Balaban J connectivity index is 1.55. The Morgan fingerprint density at radius 3 is 2.91 bits per heavy atom. The van der Waals surface area contributed by atoms with E-state index in [1.807, 2.05) is 19.1 Å². The smallest absolute Gasteiger partial charge is 0.251 e. The number of aliphatic hydroxyl groups is 2. The second-order valence-electron chi connectivity index (χ2n) is 8.43. The number of benzene rings is 1. The van der Waals surface area contributed by atoms with Crippen LogP contribution in [-0.2, 0) is 11.3 Å². The second kappa shape index (κ2) is 11.2. The van der Waals surface area contributed by atoms with Crippen LogP contribution in [0.15, 0.2) is 42.5 Å². The molecular weight excluding hydrogens is 471 g/mol. The highest BCUT2D eigenvalue weighted by Gasteiger charge is 2.21. The summed E-state index contributed by atoms with van der Waals surface area (Å²) in [6.07, 6.45) is -0.449. The first-order valence-corrected chi connectivity index (χ1v) is 12.3. The molecule has 0 saturated carbocycles. The van der Waals surface area contributed by atoms with Crippen LogP contribution in [0.4, 0.5) is 15.2 Å². The maximum atomic E-state index is 14.8. The summed E-state index contributed by atoms with van der Waals surface area (Å²) in [6, 6.07) is 11.7. The number of thiophene rings is 1. The van der Waals surface area contributed by atoms with Crippen molar-refractivity contribution in [3.63, 3.8) is 0 Å². The number of pyridine rings is 1. The van der Waals surface area contributed by atoms with Crippen LogP contribution in [0.5, 0.6) is 0 Å². The highest BCUT2D eigenvalue weighted by Crippen LogP contribution is 2.38. The minimum absolute atomic E-state index is 0.0232. The van der Waals surface area contributed by atoms with Crippen molar-refractivity contribution in [2.75, 3.05) is 31.6 Å². The van der Waals surface area contributed by atoms with Crippen LogP contribution in [0.2, 0.25) is 0 Å². The zero-order chi connectivity index (χ0) is 24.9. The quantitative estimate of drug-likeness (QED) is 0.355. The van der Waals surface area contributed by atoms with Gasteiger partial charge in [0.05, 0.1) is 36.7 Å². The van der Waals surface area contributed by atoms with Gasteiger partial charge < -0.3 is 26.0 Å². The lowest BCUT2D eigenvalue weighted by atomic mass is 10.0. The third kappa shape index (κ3) is 6.03. The number of hydrogen-bond donors (Lipinski definition) is 4. The van der Waals surface area contributed by atoms with Gasteiger partial charge in [0.15, 0.2) is 0 Å². The second-order valence-corrected chi connectivity index (χ2v) is 9.48. The Hall–Kier alpha value is -2.89. The summed E-state index contributed by atoms with van der Waals surface area (Å²) in [7, 11) is 0. The molecule has 35 heavy (non-hydrogen) atoms. The highest BCUT2D eigenvalue weighted by atomic mass is 32.1. The molecule has 1 fully saturated rings. The number of nitrogens with zero attached hydrogens (tertiary/aromatic N) is 2. The molecule has 0 bridgehead atoms. The van der Waals surface area contributed by atoms with E-state index in [1.165, 1.54) is 17.4 Å². The molecule has 2 atom stereocenters. The molecule has 2 aromatic heterocycles. The number of amides is 1. The van der Waals surface area contributed by atoms with E-state index in [4.69, 9.17) is 10.5 Å². The number of anilines is 2. The zero-order valence-electron chi connectivity index (χ0n) is 19.4. The van der Waals surface area contributed by atoms with E-state index in [0.717, 1.165) is 12.2 Å². The minimum Gasteiger partial charge on any atom is -0.394 e. The topological polar surface area (TPSA) is 121 Å². The number of primary amides is 1. The summed E-state index contributed by atoms with van der Waals surface area (Å²) in [5.74, 6) is -0.578. The molecule has 0 radical (unpaired) electrons. The van der Waals surface area contributed by atoms with Crippen LogP contribution in [0.25, 0.3) is 10.4 Å². The number of ether oxygens (including phenoxy) is 1. The van der Waals surface area contributed by atoms with Gasteiger partial charge in [0.2, 0.25) is 0 Å². The maximum absolute atomic E-state index is 14.8. The van der Waals surface area contributed by atoms with E-state index < -0.39 is 17.8 Å². The summed E-state index contributed by atoms with van der Waals surface area (Å²) in [5.41, 5.74) is 7.50. The van der Waals surface area contributed by atoms with Gasteiger partial charge >= 0.3 is 0 Å². The number of carbonyl (C=O) groups is 1. The van der Waals surface area contributed by atoms with Crippen LogP contribution in [0.1, 0.15) is 41.1 Å². The fraction of sp³-hybridized carbons (Fsp3) is 0.360. The van der Waals surface area contributed by atoms with Crippen molar-refractivity contribution in [2.24, 2.45) is 5.73 Å². The molecule has 4 rings (SSSR count). The monoisotopic (exact) mass is 500 g/mol. The molecule has 186 valence electrons. The van der Waals surface area contributed by atoms with Gasteiger partial charge in [-0.05, 0) is 36.2 Å². The molecule has 1 saturated heterocycles. The third-order valence-electron chi connectivity index (χ3n) is 5.89. The summed E-state index contributed by atoms with van der Waals surface area (Å²) >= 11 is 1.21. The molecule has 1 aliphatic rings. The van der Waals surface area contributed by atoms with Gasteiger partial charge in [-0.15, -0.1) is 11.3 Å². The summed E-state index contributed by atoms with van der Waals surface area (Å²) in [4.78, 5) is 19.5. The van der Waals surface area contributed by atoms with Crippen LogP contribution < -0.4 is 11.1 Å². The lowest BCUT2D eigenvalue weighted by Crippen LogP contribution is -2.43. The number of aliphatic hydroxyl groups excluding tert-OH is 2. The average molecular weight is 501 g/mol. The van der Waals surface area contributed by atoms with Gasteiger partial charge in [-0.3, -0.25) is 9.69 Å². The van der Waals surface area contributed by atoms with Gasteiger partial charge in [0, 0.05) is 30.1 Å². The number of carbonyl (C=O) groups excluding carboxylic acids is 1. The lowest BCUT2D eigenvalue weighted by Gasteiger charge is -2.31. The number of morpholine rings is 1. The molecule has 1 aromatic carbocycles. The molecule has 0 aliphatic carbocycles. The van der Waals surface area contributed by atoms with E-state index in [1.54, 1.807) is 24.3 Å². The maximum Gasteiger partial charge on any atom is 0.251 e. The standard InChI is InChI=1S/C25H29FN4O4S/c1-2-21(32)15-6-7-18(20(26)10-15)22-11-19(24(27)33)25(35-22)29-23-5-3-4-16(28-23)12-30-8-9-34-17(13-30)14-31/h3-7,10-11,17,21,31-32H,2,8-9,12-14H2,1H3,(H2,27,33)(H,28,29). The van der Waals surface area contributed by atoms with Crippen molar-refractivity contribution >= 4 is 28.1 Å². The Morgan fingerprint density at radius 2 is 2.20 bits per heavy atom. The van der Waals surface area contributed by atoms with E-state index in [-0.39, 0.29) is 18.3 Å². The van der Waals surface area contributed by atoms with Crippen molar-refractivity contribution < 1.29 is 24.1 Å². The minimum atomic E-state index is -0.731. The number of rotatable bonds is 9. The number of nitrogens with two attached hydrogens (primary N) is 1. The van der Waals surface area contributed by atoms with E-state index in [0.29, 0.717) is 52.9 Å². The Labute approximate surface area is 207 Å². The zero-order valence-corrected chi connectivity index (χ0v) is 20.2. The predicted molar refractivity (Wildman–Crippen MR) is 133 cm³/mol. The molecule has 8 nitrogen and oxygen atoms in total. The molecule has 5 N–H and O–H groups in total. The average Bonchev–Trinajstić information content (AvgIpc) is 3.27. The SMILES string of the molecule is CCC(O)c1ccc(-c2cc(C(N)=O)c(Nc3cccc(CN4CCOC(CO)C4)n3)s2)c(F)c1. The predicted octanol–water partition coefficient (Wildman–Crippen LogP) is 3.43. The van der Waals surface area contributed by atoms with Crippen LogP contribution >= 0.6 is 11.3 Å². The Bertz CT molecular complexity index is 1190. The lowest BCUT2D eigenvalue weighted by molar-refractivity contribution is -0.0553. The van der Waals surface area contributed by atoms with Crippen molar-refractivity contribution in [1.29, 1.82) is 0 Å². The molecule has 3 aromatic rings. The highest BCUT2D eigenvalue weighted by molar-refractivity contribution is 7.19. The largest absolute Gasteiger partial charge is 0.394 e. The van der Waals surface area contributed by atoms with Gasteiger partial charge in [0.25, 0.3) is 5.91 Å². The summed E-state index contributed by atoms with van der Waals surface area (Å²) in [5, 5.41) is 23.0. The van der Waals surface area contributed by atoms with E-state index in [9.17, 15) is 19.4 Å². The van der Waals surface area contributed by atoms with Crippen molar-refractivity contribution in [2.45, 2.75) is 32.1 Å². The molecule has 1 amide bonds. The molecule has 1 aliphatic heterocycles. The molecule has 2 unspecified atom stereocenters. The molecule has 3 heterocycles. The number of nitrogens with one attached hydrogen (secondary N) is 1. The first-order valence-electron chi connectivity index (χ1n) is 11.5. The molecule has 0 spiro atoms. The third-order valence-corrected chi connectivity index (χ3v) is 6.97. The van der Waals surface area contributed by atoms with Crippen molar-refractivity contribution in [3.8, 4) is 10.4 Å². The van der Waals surface area contributed by atoms with E-state index >= 15 is 0 Å². The van der Waals surface area contributed by atoms with Gasteiger partial charge in [-0.2, -0.15) is 0 Å². The number of halogens is 1. The van der Waals surface area contributed by atoms with Crippen molar-refractivity contribution in [1.82, 2.24) is 9.88 Å². The van der Waals surface area contributed by atoms with Gasteiger partial charge in [-0.1, -0.05) is 25.1 Å². The first-order chi connectivity index (χ1) is 16.9. The first kappa shape index (κ1) is 25.2. The number of aromatic nitrogens is 1. The molecular formula is C25H29FN4O4S. The Kier molecular flexibility index (Phi) is 8.09. The fourth-order valence-corrected chi connectivity index (χ4v) is 5.09. The normalized spacial score (nSPS) is 17.3.